The number of ether oxygens (including phenoxy) is 2. The van der Waals surface area contributed by atoms with Gasteiger partial charge >= 0.3 is 5.97 Å². The Morgan fingerprint density at radius 3 is 2.53 bits per heavy atom. The number of hydrogen-bond donors (Lipinski definition) is 1. The van der Waals surface area contributed by atoms with Gasteiger partial charge < -0.3 is 24.3 Å². The number of hydrogen-bond acceptors (Lipinski definition) is 6. The van der Waals surface area contributed by atoms with Crippen molar-refractivity contribution in [2.45, 2.75) is 45.3 Å². The second kappa shape index (κ2) is 10.3. The van der Waals surface area contributed by atoms with Gasteiger partial charge in [0.1, 0.15) is 11.3 Å². The Kier molecular flexibility index (Phi) is 7.17. The van der Waals surface area contributed by atoms with Gasteiger partial charge in [-0.05, 0) is 56.5 Å². The van der Waals surface area contributed by atoms with Gasteiger partial charge in [0.15, 0.2) is 5.82 Å². The van der Waals surface area contributed by atoms with Gasteiger partial charge in [-0.3, -0.25) is 4.79 Å². The number of rotatable bonds is 7. The first-order valence-corrected chi connectivity index (χ1v) is 11.7. The molecule has 1 N–H and O–H groups in total. The Balaban J connectivity index is 1.68. The van der Waals surface area contributed by atoms with Crippen LogP contribution in [0.4, 0.5) is 0 Å². The van der Waals surface area contributed by atoms with Gasteiger partial charge in [-0.25, -0.2) is 9.78 Å². The summed E-state index contributed by atoms with van der Waals surface area (Å²) in [5.41, 5.74) is 2.45. The van der Waals surface area contributed by atoms with E-state index in [4.69, 9.17) is 9.47 Å². The first-order valence-electron chi connectivity index (χ1n) is 11.7. The molecule has 180 valence electrons. The van der Waals surface area contributed by atoms with E-state index in [2.05, 4.69) is 29.0 Å². The second-order valence-corrected chi connectivity index (χ2v) is 8.92. The van der Waals surface area contributed by atoms with Crippen molar-refractivity contribution >= 4 is 22.9 Å². The SMILES string of the molecule is COC(=O)c1cccc2c1nc(C(=O)NC1CCN(C(C)C)CC1)n2Cc1cccc(OC)c1. The fourth-order valence-electron chi connectivity index (χ4n) is 4.52. The summed E-state index contributed by atoms with van der Waals surface area (Å²) in [7, 11) is 2.96. The monoisotopic (exact) mass is 464 g/mol. The molecule has 34 heavy (non-hydrogen) atoms. The third kappa shape index (κ3) is 4.92. The predicted molar refractivity (Wildman–Crippen MR) is 130 cm³/mol. The van der Waals surface area contributed by atoms with Gasteiger partial charge in [-0.15, -0.1) is 0 Å². The Morgan fingerprint density at radius 1 is 1.12 bits per heavy atom. The number of methoxy groups -OCH3 is 2. The van der Waals surface area contributed by atoms with Crippen LogP contribution < -0.4 is 10.1 Å². The number of piperidine rings is 1. The van der Waals surface area contributed by atoms with Crippen LogP contribution in [0, 0.1) is 0 Å². The van der Waals surface area contributed by atoms with Gasteiger partial charge in [-0.1, -0.05) is 18.2 Å². The summed E-state index contributed by atoms with van der Waals surface area (Å²) in [5.74, 6) is 0.295. The van der Waals surface area contributed by atoms with E-state index in [1.54, 1.807) is 19.2 Å². The predicted octanol–water partition coefficient (Wildman–Crippen LogP) is 3.48. The average Bonchev–Trinajstić information content (AvgIpc) is 3.22. The zero-order valence-corrected chi connectivity index (χ0v) is 20.2. The van der Waals surface area contributed by atoms with E-state index in [-0.39, 0.29) is 17.8 Å². The number of nitrogens with zero attached hydrogens (tertiary/aromatic N) is 3. The molecule has 0 spiro atoms. The highest BCUT2D eigenvalue weighted by Crippen LogP contribution is 2.24. The summed E-state index contributed by atoms with van der Waals surface area (Å²) in [4.78, 5) is 32.9. The highest BCUT2D eigenvalue weighted by molar-refractivity contribution is 6.04. The maximum Gasteiger partial charge on any atom is 0.340 e. The van der Waals surface area contributed by atoms with E-state index >= 15 is 0 Å². The molecule has 8 nitrogen and oxygen atoms in total. The number of carbonyl (C=O) groups is 2. The van der Waals surface area contributed by atoms with Crippen LogP contribution in [0.1, 0.15) is 53.2 Å². The molecule has 3 aromatic rings. The topological polar surface area (TPSA) is 85.7 Å². The normalized spacial score (nSPS) is 15.0. The second-order valence-electron chi connectivity index (χ2n) is 8.92. The van der Waals surface area contributed by atoms with Crippen LogP contribution in [0.2, 0.25) is 0 Å². The molecule has 0 radical (unpaired) electrons. The zero-order valence-electron chi connectivity index (χ0n) is 20.2. The minimum atomic E-state index is -0.482. The Bertz CT molecular complexity index is 1180. The molecule has 1 fully saturated rings. The number of para-hydroxylation sites is 1. The molecular weight excluding hydrogens is 432 g/mol. The number of aromatic nitrogens is 2. The van der Waals surface area contributed by atoms with Crippen molar-refractivity contribution in [2.24, 2.45) is 0 Å². The molecule has 0 aliphatic carbocycles. The molecule has 1 saturated heterocycles. The molecule has 1 aliphatic heterocycles. The number of likely N-dealkylation sites (tertiary alicyclic amines) is 1. The van der Waals surface area contributed by atoms with E-state index in [1.807, 2.05) is 34.9 Å². The summed E-state index contributed by atoms with van der Waals surface area (Å²) in [5, 5.41) is 3.18. The van der Waals surface area contributed by atoms with Crippen LogP contribution in [-0.4, -0.2) is 65.7 Å². The van der Waals surface area contributed by atoms with Crippen molar-refractivity contribution in [3.05, 3.63) is 59.4 Å². The Labute approximate surface area is 199 Å². The van der Waals surface area contributed by atoms with Crippen LogP contribution >= 0.6 is 0 Å². The first kappa shape index (κ1) is 23.8. The van der Waals surface area contributed by atoms with Crippen molar-refractivity contribution in [3.63, 3.8) is 0 Å². The number of esters is 1. The fraction of sp³-hybridized carbons (Fsp3) is 0.423. The van der Waals surface area contributed by atoms with Crippen LogP contribution in [0.15, 0.2) is 42.5 Å². The molecule has 0 saturated carbocycles. The van der Waals surface area contributed by atoms with Gasteiger partial charge in [0, 0.05) is 31.7 Å². The molecule has 8 heteroatoms. The summed E-state index contributed by atoms with van der Waals surface area (Å²) in [6.45, 7) is 6.70. The van der Waals surface area contributed by atoms with Gasteiger partial charge in [-0.2, -0.15) is 0 Å². The average molecular weight is 465 g/mol. The molecular formula is C26H32N4O4. The van der Waals surface area contributed by atoms with Crippen molar-refractivity contribution in [2.75, 3.05) is 27.3 Å². The van der Waals surface area contributed by atoms with Crippen molar-refractivity contribution in [3.8, 4) is 5.75 Å². The van der Waals surface area contributed by atoms with Crippen molar-refractivity contribution < 1.29 is 19.1 Å². The van der Waals surface area contributed by atoms with E-state index in [1.165, 1.54) is 7.11 Å². The van der Waals surface area contributed by atoms with E-state index in [0.29, 0.717) is 29.2 Å². The lowest BCUT2D eigenvalue weighted by atomic mass is 10.0. The molecule has 2 heterocycles. The summed E-state index contributed by atoms with van der Waals surface area (Å²) < 4.78 is 12.2. The molecule has 2 aromatic carbocycles. The highest BCUT2D eigenvalue weighted by Gasteiger charge is 2.26. The lowest BCUT2D eigenvalue weighted by Crippen LogP contribution is -2.47. The van der Waals surface area contributed by atoms with Crippen LogP contribution in [0.25, 0.3) is 11.0 Å². The maximum absolute atomic E-state index is 13.4. The lowest BCUT2D eigenvalue weighted by Gasteiger charge is -2.34. The fourth-order valence-corrected chi connectivity index (χ4v) is 4.52. The molecule has 1 amide bonds. The smallest absolute Gasteiger partial charge is 0.340 e. The largest absolute Gasteiger partial charge is 0.497 e. The van der Waals surface area contributed by atoms with Crippen LogP contribution in [-0.2, 0) is 11.3 Å². The van der Waals surface area contributed by atoms with Gasteiger partial charge in [0.05, 0.1) is 25.3 Å². The lowest BCUT2D eigenvalue weighted by molar-refractivity contribution is 0.0602. The Hall–Kier alpha value is -3.39. The quantitative estimate of drug-likeness (QED) is 0.539. The maximum atomic E-state index is 13.4. The molecule has 0 bridgehead atoms. The standard InChI is InChI=1S/C26H32N4O4/c1-17(2)29-13-11-19(12-14-29)27-25(31)24-28-23-21(26(32)34-4)9-6-10-22(23)30(24)16-18-7-5-8-20(15-18)33-3/h5-10,15,17,19H,11-14,16H2,1-4H3,(H,27,31). The highest BCUT2D eigenvalue weighted by atomic mass is 16.5. The minimum absolute atomic E-state index is 0.0904. The van der Waals surface area contributed by atoms with Crippen molar-refractivity contribution in [1.82, 2.24) is 19.8 Å². The minimum Gasteiger partial charge on any atom is -0.497 e. The number of fused-ring (bicyclic) bond motifs is 1. The number of nitrogens with one attached hydrogen (secondary N) is 1. The number of imidazole rings is 1. The van der Waals surface area contributed by atoms with Crippen LogP contribution in [0.3, 0.4) is 0 Å². The molecule has 0 atom stereocenters. The molecule has 1 aliphatic rings. The molecule has 0 unspecified atom stereocenters. The summed E-state index contributed by atoms with van der Waals surface area (Å²) in [6, 6.07) is 13.6. The van der Waals surface area contributed by atoms with E-state index in [0.717, 1.165) is 37.2 Å². The number of carbonyl (C=O) groups excluding carboxylic acids is 2. The van der Waals surface area contributed by atoms with E-state index in [9.17, 15) is 9.59 Å². The van der Waals surface area contributed by atoms with Gasteiger partial charge in [0.2, 0.25) is 0 Å². The third-order valence-electron chi connectivity index (χ3n) is 6.46. The summed E-state index contributed by atoms with van der Waals surface area (Å²) in [6.07, 6.45) is 1.79. The van der Waals surface area contributed by atoms with E-state index < -0.39 is 5.97 Å². The van der Waals surface area contributed by atoms with Crippen LogP contribution in [0.5, 0.6) is 5.75 Å². The third-order valence-corrected chi connectivity index (χ3v) is 6.46. The molecule has 4 rings (SSSR count). The number of amides is 1. The van der Waals surface area contributed by atoms with Crippen molar-refractivity contribution in [1.29, 1.82) is 0 Å². The zero-order chi connectivity index (χ0) is 24.2. The number of benzene rings is 2. The first-order chi connectivity index (χ1) is 16.4. The molecule has 1 aromatic heterocycles. The summed E-state index contributed by atoms with van der Waals surface area (Å²) >= 11 is 0. The Morgan fingerprint density at radius 2 is 1.85 bits per heavy atom. The van der Waals surface area contributed by atoms with Gasteiger partial charge in [0.25, 0.3) is 5.91 Å².